The molecule has 0 saturated heterocycles. The molecule has 9 heteroatoms. The number of carbonyl (C=O) groups excluding carboxylic acids is 2. The lowest BCUT2D eigenvalue weighted by Gasteiger charge is -2.25. The first kappa shape index (κ1) is 91.5. The second kappa shape index (κ2) is 76.2. The number of hydrogen-bond donors (Lipinski definition) is 1. The van der Waals surface area contributed by atoms with Gasteiger partial charge in [0.05, 0.1) is 34.4 Å². The monoisotopic (exact) mass is 1330 g/mol. The van der Waals surface area contributed by atoms with Gasteiger partial charge < -0.3 is 28.5 Å². The Morgan fingerprint density at radius 1 is 0.326 bits per heavy atom. The fraction of sp³-hybridized carbons (Fsp3) is 0.802. The van der Waals surface area contributed by atoms with Gasteiger partial charge in [0.25, 0.3) is 6.29 Å². The van der Waals surface area contributed by atoms with Crippen LogP contribution in [-0.4, -0.2) is 87.4 Å². The van der Waals surface area contributed by atoms with Crippen LogP contribution in [0.3, 0.4) is 0 Å². The van der Waals surface area contributed by atoms with Crippen LogP contribution >= 0.6 is 0 Å². The van der Waals surface area contributed by atoms with E-state index in [2.05, 4.69) is 98.9 Å². The van der Waals surface area contributed by atoms with E-state index in [1.54, 1.807) is 0 Å². The molecule has 2 atom stereocenters. The second-order valence-corrected chi connectivity index (χ2v) is 28.7. The molecule has 9 nitrogen and oxygen atoms in total. The summed E-state index contributed by atoms with van der Waals surface area (Å²) in [6, 6.07) is 0. The maximum Gasteiger partial charge on any atom is 0.361 e. The average Bonchev–Trinajstić information content (AvgIpc) is 3.75. The Hall–Kier alpha value is -3.53. The number of carbonyl (C=O) groups is 3. The number of rotatable bonds is 76. The summed E-state index contributed by atoms with van der Waals surface area (Å²) in [5, 5.41) is 9.78. The highest BCUT2D eigenvalue weighted by Gasteiger charge is 2.25. The van der Waals surface area contributed by atoms with E-state index in [1.165, 1.54) is 276 Å². The van der Waals surface area contributed by atoms with Crippen LogP contribution in [0.25, 0.3) is 0 Å². The van der Waals surface area contributed by atoms with Crippen molar-refractivity contribution in [2.24, 2.45) is 0 Å². The number of aliphatic carboxylic acids is 1. The van der Waals surface area contributed by atoms with Gasteiger partial charge in [-0.1, -0.05) is 388 Å². The minimum Gasteiger partial charge on any atom is -0.477 e. The van der Waals surface area contributed by atoms with Gasteiger partial charge in [-0.2, -0.15) is 0 Å². The van der Waals surface area contributed by atoms with Crippen LogP contribution in [0.15, 0.2) is 85.1 Å². The van der Waals surface area contributed by atoms with Crippen LogP contribution in [0.1, 0.15) is 386 Å². The number of hydrogen-bond acceptors (Lipinski definition) is 7. The van der Waals surface area contributed by atoms with Crippen molar-refractivity contribution < 1.29 is 42.9 Å². The lowest BCUT2D eigenvalue weighted by atomic mass is 10.0. The zero-order valence-electron chi connectivity index (χ0n) is 63.3. The van der Waals surface area contributed by atoms with Gasteiger partial charge in [0.2, 0.25) is 0 Å². The molecule has 0 rings (SSSR count). The zero-order chi connectivity index (χ0) is 69.0. The Labute approximate surface area is 589 Å². The quantitative estimate of drug-likeness (QED) is 0.0211. The molecule has 0 fully saturated rings. The summed E-state index contributed by atoms with van der Waals surface area (Å²) in [7, 11) is 5.99. The Morgan fingerprint density at radius 2 is 0.600 bits per heavy atom. The molecule has 0 aromatic rings. The van der Waals surface area contributed by atoms with Crippen molar-refractivity contribution in [1.29, 1.82) is 0 Å². The summed E-state index contributed by atoms with van der Waals surface area (Å²) >= 11 is 0. The second-order valence-electron chi connectivity index (χ2n) is 28.7. The molecule has 0 aliphatic rings. The number of carboxylic acid groups (broad SMARTS) is 1. The number of allylic oxidation sites excluding steroid dienone is 14. The minimum absolute atomic E-state index is 0.179. The normalized spacial score (nSPS) is 13.1. The Morgan fingerprint density at radius 3 is 0.895 bits per heavy atom. The van der Waals surface area contributed by atoms with Crippen molar-refractivity contribution in [1.82, 2.24) is 0 Å². The third kappa shape index (κ3) is 77.7. The summed E-state index contributed by atoms with van der Waals surface area (Å²) in [6.07, 6.45) is 102. The average molecular weight is 1330 g/mol. The van der Waals surface area contributed by atoms with Crippen LogP contribution in [0, 0.1) is 0 Å². The van der Waals surface area contributed by atoms with Gasteiger partial charge in [-0.25, -0.2) is 4.79 Å². The molecule has 0 bridgehead atoms. The third-order valence-electron chi connectivity index (χ3n) is 18.2. The summed E-state index contributed by atoms with van der Waals surface area (Å²) in [5.41, 5.74) is 0. The third-order valence-corrected chi connectivity index (χ3v) is 18.2. The maximum absolute atomic E-state index is 13.0. The SMILES string of the molecule is CC/C=C\C/C=C\C/C=C\C/C=C\C/C=C\C/C=C\C/C=C\CCCCCCCCCCCCCCCCCC(=O)OC(COC(=O)CCCCCCCCCCCCCCCCCCCCCCCCCCCCCCCCCCC)COC(OCC[N+](C)(C)C)C(=O)O. The van der Waals surface area contributed by atoms with Gasteiger partial charge in [0.1, 0.15) is 13.2 Å². The summed E-state index contributed by atoms with van der Waals surface area (Å²) in [4.78, 5) is 37.8. The van der Waals surface area contributed by atoms with Crippen molar-refractivity contribution in [3.8, 4) is 0 Å². The molecular weight excluding hydrogens is 1170 g/mol. The van der Waals surface area contributed by atoms with E-state index in [-0.39, 0.29) is 38.2 Å². The van der Waals surface area contributed by atoms with Gasteiger partial charge in [-0.15, -0.1) is 0 Å². The number of unbranched alkanes of at least 4 members (excludes halogenated alkanes) is 47. The molecule has 0 aromatic carbocycles. The molecule has 0 saturated carbocycles. The van der Waals surface area contributed by atoms with Crippen molar-refractivity contribution in [2.75, 3.05) is 47.5 Å². The maximum atomic E-state index is 13.0. The van der Waals surface area contributed by atoms with Crippen molar-refractivity contribution in [3.63, 3.8) is 0 Å². The van der Waals surface area contributed by atoms with Crippen molar-refractivity contribution in [3.05, 3.63) is 85.1 Å². The number of ether oxygens (including phenoxy) is 4. The van der Waals surface area contributed by atoms with Gasteiger partial charge in [0.15, 0.2) is 6.10 Å². The standard InChI is InChI=1S/C86H155NO8/c1-6-8-10-12-14-16-18-20-22-24-26-28-30-32-34-36-38-40-41-42-43-45-47-49-51-53-55-57-59-61-63-65-67-69-71-73-75-77-84(89)95-82(81-94-86(85(90)91)92-79-78-87(3,4)5)80-93-83(88)76-74-72-70-68-66-64-62-60-58-56-54-52-50-48-46-44-39-37-35-33-31-29-27-25-23-21-19-17-15-13-11-9-7-2/h8,10,14,16,20,22,26,28,32,34,38,40,42-43,82,86H,6-7,9,11-13,15,17-19,21,23-25,27,29-31,33,35-37,39,41,44-81H2,1-5H3/p+1/b10-8-,16-14-,22-20-,28-26-,34-32-,40-38-,43-42-. The van der Waals surface area contributed by atoms with E-state index < -0.39 is 18.4 Å². The highest BCUT2D eigenvalue weighted by atomic mass is 16.7. The molecule has 0 amide bonds. The van der Waals surface area contributed by atoms with E-state index in [1.807, 2.05) is 21.1 Å². The van der Waals surface area contributed by atoms with Crippen LogP contribution in [0.2, 0.25) is 0 Å². The number of quaternary nitrogens is 1. The first-order chi connectivity index (χ1) is 46.6. The predicted octanol–water partition coefficient (Wildman–Crippen LogP) is 26.2. The van der Waals surface area contributed by atoms with Gasteiger partial charge in [0, 0.05) is 12.8 Å². The molecule has 0 heterocycles. The molecule has 0 spiro atoms. The van der Waals surface area contributed by atoms with Crippen LogP contribution in [0.4, 0.5) is 0 Å². The Bertz CT molecular complexity index is 1840. The fourth-order valence-electron chi connectivity index (χ4n) is 12.0. The van der Waals surface area contributed by atoms with Gasteiger partial charge in [-0.3, -0.25) is 9.59 Å². The zero-order valence-corrected chi connectivity index (χ0v) is 63.3. The lowest BCUT2D eigenvalue weighted by molar-refractivity contribution is -0.870. The van der Waals surface area contributed by atoms with Gasteiger partial charge >= 0.3 is 17.9 Å². The van der Waals surface area contributed by atoms with Crippen LogP contribution < -0.4 is 0 Å². The van der Waals surface area contributed by atoms with E-state index in [0.717, 1.165) is 83.5 Å². The smallest absolute Gasteiger partial charge is 0.361 e. The van der Waals surface area contributed by atoms with Crippen LogP contribution in [-0.2, 0) is 33.3 Å². The molecular formula is C86H156NO8+. The topological polar surface area (TPSA) is 108 Å². The molecule has 552 valence electrons. The lowest BCUT2D eigenvalue weighted by Crippen LogP contribution is -2.40. The van der Waals surface area contributed by atoms with Crippen LogP contribution in [0.5, 0.6) is 0 Å². The number of carboxylic acids is 1. The van der Waals surface area contributed by atoms with E-state index >= 15 is 0 Å². The predicted molar refractivity (Wildman–Crippen MR) is 410 cm³/mol. The van der Waals surface area contributed by atoms with Crippen molar-refractivity contribution in [2.45, 2.75) is 399 Å². The molecule has 2 unspecified atom stereocenters. The molecule has 0 aliphatic carbocycles. The number of nitrogens with zero attached hydrogens (tertiary/aromatic N) is 1. The molecule has 1 N–H and O–H groups in total. The van der Waals surface area contributed by atoms with Crippen molar-refractivity contribution >= 4 is 17.9 Å². The highest BCUT2D eigenvalue weighted by molar-refractivity contribution is 5.71. The first-order valence-electron chi connectivity index (χ1n) is 40.8. The minimum atomic E-state index is -1.51. The molecule has 0 radical (unpaired) electrons. The number of likely N-dealkylation sites (N-methyl/N-ethyl adjacent to an activating group) is 1. The highest BCUT2D eigenvalue weighted by Crippen LogP contribution is 2.20. The Balaban J connectivity index is 4.00. The summed E-state index contributed by atoms with van der Waals surface area (Å²) < 4.78 is 23.1. The fourth-order valence-corrected chi connectivity index (χ4v) is 12.0. The first-order valence-corrected chi connectivity index (χ1v) is 40.8. The summed E-state index contributed by atoms with van der Waals surface area (Å²) in [6.45, 7) is 4.83. The molecule has 95 heavy (non-hydrogen) atoms. The van der Waals surface area contributed by atoms with Gasteiger partial charge in [-0.05, 0) is 70.6 Å². The van der Waals surface area contributed by atoms with E-state index in [4.69, 9.17) is 18.9 Å². The Kier molecular flexibility index (Phi) is 73.4. The molecule has 0 aromatic heterocycles. The summed E-state index contributed by atoms with van der Waals surface area (Å²) in [5.74, 6) is -1.98. The number of esters is 2. The molecule has 0 aliphatic heterocycles. The van der Waals surface area contributed by atoms with E-state index in [0.29, 0.717) is 17.4 Å². The van der Waals surface area contributed by atoms with E-state index in [9.17, 15) is 19.5 Å². The largest absolute Gasteiger partial charge is 0.477 e.